The molecule has 2 amide bonds. The molecule has 0 bridgehead atoms. The van der Waals surface area contributed by atoms with E-state index in [0.29, 0.717) is 5.91 Å². The average Bonchev–Trinajstić information content (AvgIpc) is 2.73. The smallest absolute Gasteiger partial charge is 0.225 e. The van der Waals surface area contributed by atoms with Crippen LogP contribution in [0.4, 0.5) is 5.69 Å². The third kappa shape index (κ3) is 5.27. The third-order valence-corrected chi connectivity index (χ3v) is 6.23. The van der Waals surface area contributed by atoms with Crippen LogP contribution in [-0.4, -0.2) is 49.4 Å². The van der Waals surface area contributed by atoms with E-state index in [1.165, 1.54) is 11.3 Å². The lowest BCUT2D eigenvalue weighted by Crippen LogP contribution is -2.51. The highest BCUT2D eigenvalue weighted by atomic mass is 16.2. The number of nitrogens with zero attached hydrogens (tertiary/aromatic N) is 2. The van der Waals surface area contributed by atoms with Crippen LogP contribution in [0.15, 0.2) is 24.3 Å². The van der Waals surface area contributed by atoms with E-state index in [0.717, 1.165) is 71.2 Å². The maximum absolute atomic E-state index is 12.9. The number of aryl methyl sites for hydroxylation is 1. The third-order valence-electron chi connectivity index (χ3n) is 6.23. The van der Waals surface area contributed by atoms with Crippen LogP contribution in [-0.2, 0) is 9.59 Å². The molecule has 3 rings (SSSR count). The normalized spacial score (nSPS) is 22.8. The number of hydrogen-bond donors (Lipinski definition) is 1. The van der Waals surface area contributed by atoms with Crippen LogP contribution >= 0.6 is 0 Å². The molecule has 1 aliphatic heterocycles. The van der Waals surface area contributed by atoms with Crippen molar-refractivity contribution in [2.45, 2.75) is 52.4 Å². The number of unbranched alkanes of at least 4 members (excludes halogenated alkanes) is 1. The summed E-state index contributed by atoms with van der Waals surface area (Å²) in [6.45, 7) is 8.40. The molecule has 0 atom stereocenters. The van der Waals surface area contributed by atoms with Gasteiger partial charge < -0.3 is 15.1 Å². The Morgan fingerprint density at radius 1 is 1.04 bits per heavy atom. The van der Waals surface area contributed by atoms with Gasteiger partial charge in [0.05, 0.1) is 0 Å². The number of nitrogens with one attached hydrogen (secondary N) is 1. The molecular formula is C23H35N3O2. The van der Waals surface area contributed by atoms with Gasteiger partial charge in [-0.05, 0) is 56.7 Å². The number of hydrogen-bond acceptors (Lipinski definition) is 3. The molecule has 1 N–H and O–H groups in total. The molecule has 5 nitrogen and oxygen atoms in total. The lowest BCUT2D eigenvalue weighted by Gasteiger charge is -2.38. The molecule has 1 aromatic rings. The van der Waals surface area contributed by atoms with Gasteiger partial charge in [0.2, 0.25) is 11.8 Å². The van der Waals surface area contributed by atoms with E-state index in [1.807, 2.05) is 4.90 Å². The van der Waals surface area contributed by atoms with Crippen LogP contribution in [0.5, 0.6) is 0 Å². The van der Waals surface area contributed by atoms with Crippen LogP contribution in [0.2, 0.25) is 0 Å². The van der Waals surface area contributed by atoms with Crippen molar-refractivity contribution in [2.24, 2.45) is 11.8 Å². The maximum atomic E-state index is 12.9. The van der Waals surface area contributed by atoms with Crippen molar-refractivity contribution < 1.29 is 9.59 Å². The van der Waals surface area contributed by atoms with E-state index in [2.05, 4.69) is 48.3 Å². The standard InChI is InChI=1S/C23H35N3O2/c1-3-4-12-24-22(27)19-8-10-20(11-9-19)23(28)26-15-13-25(14-16-26)21-7-5-6-18(2)17-21/h5-7,17,19-20H,3-4,8-16H2,1-2H3,(H,24,27). The minimum atomic E-state index is 0.0964. The van der Waals surface area contributed by atoms with Gasteiger partial charge in [-0.15, -0.1) is 0 Å². The Morgan fingerprint density at radius 3 is 2.36 bits per heavy atom. The van der Waals surface area contributed by atoms with Crippen molar-refractivity contribution in [1.82, 2.24) is 10.2 Å². The molecule has 1 heterocycles. The largest absolute Gasteiger partial charge is 0.368 e. The van der Waals surface area contributed by atoms with Gasteiger partial charge in [0, 0.05) is 50.2 Å². The molecule has 1 saturated carbocycles. The molecule has 0 unspecified atom stereocenters. The first-order valence-electron chi connectivity index (χ1n) is 11.0. The minimum absolute atomic E-state index is 0.0964. The predicted molar refractivity (Wildman–Crippen MR) is 113 cm³/mol. The summed E-state index contributed by atoms with van der Waals surface area (Å²) in [5, 5.41) is 3.05. The van der Waals surface area contributed by atoms with Gasteiger partial charge in [-0.2, -0.15) is 0 Å². The zero-order valence-electron chi connectivity index (χ0n) is 17.5. The Hall–Kier alpha value is -2.04. The summed E-state index contributed by atoms with van der Waals surface area (Å²) in [5.74, 6) is 0.684. The molecule has 1 saturated heterocycles. The Balaban J connectivity index is 1.43. The second-order valence-electron chi connectivity index (χ2n) is 8.34. The molecule has 0 aromatic heterocycles. The zero-order chi connectivity index (χ0) is 19.9. The fraction of sp³-hybridized carbons (Fsp3) is 0.652. The highest BCUT2D eigenvalue weighted by Crippen LogP contribution is 2.30. The second-order valence-corrected chi connectivity index (χ2v) is 8.34. The predicted octanol–water partition coefficient (Wildman–Crippen LogP) is 3.37. The molecule has 1 aromatic carbocycles. The summed E-state index contributed by atoms with van der Waals surface area (Å²) < 4.78 is 0. The summed E-state index contributed by atoms with van der Waals surface area (Å²) in [6.07, 6.45) is 5.52. The minimum Gasteiger partial charge on any atom is -0.368 e. The monoisotopic (exact) mass is 385 g/mol. The summed E-state index contributed by atoms with van der Waals surface area (Å²) >= 11 is 0. The molecule has 28 heavy (non-hydrogen) atoms. The van der Waals surface area contributed by atoms with E-state index < -0.39 is 0 Å². The fourth-order valence-corrected chi connectivity index (χ4v) is 4.40. The summed E-state index contributed by atoms with van der Waals surface area (Å²) in [4.78, 5) is 29.6. The quantitative estimate of drug-likeness (QED) is 0.764. The van der Waals surface area contributed by atoms with Gasteiger partial charge in [-0.3, -0.25) is 9.59 Å². The molecule has 154 valence electrons. The van der Waals surface area contributed by atoms with Gasteiger partial charge >= 0.3 is 0 Å². The van der Waals surface area contributed by atoms with Crippen molar-refractivity contribution in [3.05, 3.63) is 29.8 Å². The van der Waals surface area contributed by atoms with Crippen LogP contribution in [0.25, 0.3) is 0 Å². The Morgan fingerprint density at radius 2 is 1.71 bits per heavy atom. The maximum Gasteiger partial charge on any atom is 0.225 e. The molecule has 0 radical (unpaired) electrons. The molecule has 2 aliphatic rings. The second kappa shape index (κ2) is 9.94. The lowest BCUT2D eigenvalue weighted by molar-refractivity contribution is -0.138. The topological polar surface area (TPSA) is 52.7 Å². The van der Waals surface area contributed by atoms with E-state index in [1.54, 1.807) is 0 Å². The van der Waals surface area contributed by atoms with Crippen molar-refractivity contribution in [3.63, 3.8) is 0 Å². The zero-order valence-corrected chi connectivity index (χ0v) is 17.5. The Bertz CT molecular complexity index is 660. The van der Waals surface area contributed by atoms with E-state index in [4.69, 9.17) is 0 Å². The number of carbonyl (C=O) groups excluding carboxylic acids is 2. The first-order valence-corrected chi connectivity index (χ1v) is 11.0. The molecule has 5 heteroatoms. The number of carbonyl (C=O) groups is 2. The number of amides is 2. The van der Waals surface area contributed by atoms with E-state index in [9.17, 15) is 9.59 Å². The number of piperazine rings is 1. The van der Waals surface area contributed by atoms with E-state index in [-0.39, 0.29) is 17.7 Å². The summed E-state index contributed by atoms with van der Waals surface area (Å²) in [5.41, 5.74) is 2.52. The highest BCUT2D eigenvalue weighted by molar-refractivity contribution is 5.81. The van der Waals surface area contributed by atoms with Crippen LogP contribution in [0, 0.1) is 18.8 Å². The molecule has 0 spiro atoms. The van der Waals surface area contributed by atoms with Crippen molar-refractivity contribution in [2.75, 3.05) is 37.6 Å². The molecule has 1 aliphatic carbocycles. The number of anilines is 1. The first kappa shape index (κ1) is 20.7. The lowest BCUT2D eigenvalue weighted by atomic mass is 9.81. The highest BCUT2D eigenvalue weighted by Gasteiger charge is 2.33. The molecule has 2 fully saturated rings. The molecular weight excluding hydrogens is 350 g/mol. The average molecular weight is 386 g/mol. The van der Waals surface area contributed by atoms with Gasteiger partial charge in [0.25, 0.3) is 0 Å². The Kier molecular flexibility index (Phi) is 7.35. The number of rotatable bonds is 6. The van der Waals surface area contributed by atoms with Crippen LogP contribution < -0.4 is 10.2 Å². The van der Waals surface area contributed by atoms with Crippen molar-refractivity contribution in [1.29, 1.82) is 0 Å². The number of benzene rings is 1. The van der Waals surface area contributed by atoms with Gasteiger partial charge in [0.1, 0.15) is 0 Å². The fourth-order valence-electron chi connectivity index (χ4n) is 4.40. The van der Waals surface area contributed by atoms with Gasteiger partial charge in [0.15, 0.2) is 0 Å². The summed E-state index contributed by atoms with van der Waals surface area (Å²) in [7, 11) is 0. The van der Waals surface area contributed by atoms with E-state index >= 15 is 0 Å². The Labute approximate surface area is 169 Å². The summed E-state index contributed by atoms with van der Waals surface area (Å²) in [6, 6.07) is 8.57. The van der Waals surface area contributed by atoms with Crippen molar-refractivity contribution in [3.8, 4) is 0 Å². The van der Waals surface area contributed by atoms with Gasteiger partial charge in [-0.1, -0.05) is 25.5 Å². The van der Waals surface area contributed by atoms with Crippen molar-refractivity contribution >= 4 is 17.5 Å². The van der Waals surface area contributed by atoms with Gasteiger partial charge in [-0.25, -0.2) is 0 Å². The van der Waals surface area contributed by atoms with Crippen LogP contribution in [0.1, 0.15) is 51.0 Å². The van der Waals surface area contributed by atoms with Crippen LogP contribution in [0.3, 0.4) is 0 Å². The first-order chi connectivity index (χ1) is 13.6. The SMILES string of the molecule is CCCCNC(=O)C1CCC(C(=O)N2CCN(c3cccc(C)c3)CC2)CC1.